The van der Waals surface area contributed by atoms with Crippen LogP contribution in [0.25, 0.3) is 5.69 Å². The Kier molecular flexibility index (Phi) is 5.39. The van der Waals surface area contributed by atoms with Gasteiger partial charge >= 0.3 is 6.36 Å². The van der Waals surface area contributed by atoms with Crippen LogP contribution in [0.4, 0.5) is 13.2 Å². The number of hydrogen-bond acceptors (Lipinski definition) is 4. The summed E-state index contributed by atoms with van der Waals surface area (Å²) in [4.78, 5) is 14.7. The van der Waals surface area contributed by atoms with Gasteiger partial charge in [0.15, 0.2) is 5.60 Å². The average molecular weight is 493 g/mol. The number of piperidine rings is 1. The molecule has 1 amide bonds. The second kappa shape index (κ2) is 8.16. The molecule has 1 spiro atoms. The highest BCUT2D eigenvalue weighted by Gasteiger charge is 2.45. The van der Waals surface area contributed by atoms with Crippen molar-refractivity contribution in [2.75, 3.05) is 20.2 Å². The molecule has 2 aliphatic rings. The topological polar surface area (TPSA) is 52.9 Å². The predicted molar refractivity (Wildman–Crippen MR) is 118 cm³/mol. The fourth-order valence-corrected chi connectivity index (χ4v) is 4.77. The van der Waals surface area contributed by atoms with Crippen molar-refractivity contribution < 1.29 is 32.2 Å². The first-order valence-corrected chi connectivity index (χ1v) is 11.0. The number of carbonyl (C=O) groups excluding carboxylic acids is 1. The normalized spacial score (nSPS) is 16.4. The molecule has 2 aromatic carbocycles. The molecule has 2 aliphatic heterocycles. The van der Waals surface area contributed by atoms with E-state index in [1.807, 2.05) is 29.0 Å². The van der Waals surface area contributed by atoms with Gasteiger partial charge in [0.2, 0.25) is 0 Å². The summed E-state index contributed by atoms with van der Waals surface area (Å²) in [5.41, 5.74) is 0.975. The Balaban J connectivity index is 1.40. The third kappa shape index (κ3) is 3.94. The summed E-state index contributed by atoms with van der Waals surface area (Å²) in [6, 6.07) is 13.1. The van der Waals surface area contributed by atoms with Crippen molar-refractivity contribution in [1.29, 1.82) is 0 Å². The highest BCUT2D eigenvalue weighted by molar-refractivity contribution is 6.30. The Morgan fingerprint density at radius 1 is 1.12 bits per heavy atom. The molecule has 34 heavy (non-hydrogen) atoms. The summed E-state index contributed by atoms with van der Waals surface area (Å²) in [5.74, 6) is -0.344. The van der Waals surface area contributed by atoms with Gasteiger partial charge in [-0.25, -0.2) is 0 Å². The minimum Gasteiger partial charge on any atom is -0.497 e. The van der Waals surface area contributed by atoms with Crippen LogP contribution in [0.5, 0.6) is 17.2 Å². The van der Waals surface area contributed by atoms with Crippen LogP contribution in [0.2, 0.25) is 5.02 Å². The lowest BCUT2D eigenvalue weighted by atomic mass is 9.86. The monoisotopic (exact) mass is 492 g/mol. The van der Waals surface area contributed by atoms with Gasteiger partial charge in [0, 0.05) is 49.3 Å². The second-order valence-electron chi connectivity index (χ2n) is 8.17. The maximum absolute atomic E-state index is 13.2. The summed E-state index contributed by atoms with van der Waals surface area (Å²) in [6.07, 6.45) is -2.08. The van der Waals surface area contributed by atoms with Crippen LogP contribution in [0, 0.1) is 0 Å². The van der Waals surface area contributed by atoms with Crippen LogP contribution in [0.3, 0.4) is 0 Å². The molecule has 1 fully saturated rings. The third-order valence-electron chi connectivity index (χ3n) is 6.21. The van der Waals surface area contributed by atoms with Crippen LogP contribution in [0.1, 0.15) is 28.9 Å². The zero-order valence-electron chi connectivity index (χ0n) is 18.1. The van der Waals surface area contributed by atoms with Gasteiger partial charge in [-0.05, 0) is 36.4 Å². The number of carbonyl (C=O) groups is 1. The molecule has 0 bridgehead atoms. The Bertz CT molecular complexity index is 1250. The number of rotatable bonds is 3. The van der Waals surface area contributed by atoms with Crippen molar-refractivity contribution in [3.63, 3.8) is 0 Å². The number of likely N-dealkylation sites (tertiary alicyclic amines) is 1. The molecule has 3 heterocycles. The summed E-state index contributed by atoms with van der Waals surface area (Å²) in [5, 5.41) is 0.550. The van der Waals surface area contributed by atoms with Gasteiger partial charge in [-0.2, -0.15) is 0 Å². The number of amides is 1. The molecule has 0 saturated carbocycles. The highest BCUT2D eigenvalue weighted by Crippen LogP contribution is 2.46. The van der Waals surface area contributed by atoms with Crippen molar-refractivity contribution in [1.82, 2.24) is 9.47 Å². The van der Waals surface area contributed by atoms with Crippen LogP contribution < -0.4 is 14.2 Å². The van der Waals surface area contributed by atoms with E-state index in [1.54, 1.807) is 12.1 Å². The van der Waals surface area contributed by atoms with Crippen LogP contribution >= 0.6 is 11.6 Å². The van der Waals surface area contributed by atoms with E-state index >= 15 is 0 Å². The van der Waals surface area contributed by atoms with E-state index < -0.39 is 23.6 Å². The van der Waals surface area contributed by atoms with E-state index in [0.717, 1.165) is 17.4 Å². The van der Waals surface area contributed by atoms with Gasteiger partial charge in [0.1, 0.15) is 17.2 Å². The number of fused-ring (bicyclic) bond motifs is 4. The summed E-state index contributed by atoms with van der Waals surface area (Å²) < 4.78 is 56.4. The summed E-state index contributed by atoms with van der Waals surface area (Å²) in [6.45, 7) is 0.578. The fourth-order valence-electron chi connectivity index (χ4n) is 4.61. The van der Waals surface area contributed by atoms with Crippen LogP contribution in [0.15, 0.2) is 54.7 Å². The molecular weight excluding hydrogens is 473 g/mol. The van der Waals surface area contributed by atoms with Crippen molar-refractivity contribution in [2.45, 2.75) is 24.8 Å². The number of nitrogens with zero attached hydrogens (tertiary/aromatic N) is 2. The minimum absolute atomic E-state index is 0.155. The van der Waals surface area contributed by atoms with Gasteiger partial charge in [-0.3, -0.25) is 4.79 Å². The standard InChI is InChI=1S/C24H20ClF3N2O4/c1-32-16-5-6-17(19(14-16)34-24(26,27)28)22(31)29-11-8-23(9-12-29)21-3-2-10-30(21)18-7-4-15(25)13-20(18)33-23/h2-7,10,13-14H,8-9,11-12H2,1H3. The van der Waals surface area contributed by atoms with Gasteiger partial charge in [-0.15, -0.1) is 13.2 Å². The number of hydrogen-bond donors (Lipinski definition) is 0. The lowest BCUT2D eigenvalue weighted by molar-refractivity contribution is -0.274. The molecule has 0 N–H and O–H groups in total. The Morgan fingerprint density at radius 2 is 1.88 bits per heavy atom. The number of benzene rings is 2. The molecule has 10 heteroatoms. The number of alkyl halides is 3. The molecular formula is C24H20ClF3N2O4. The first-order chi connectivity index (χ1) is 16.2. The molecule has 1 saturated heterocycles. The van der Waals surface area contributed by atoms with Crippen molar-refractivity contribution in [3.05, 3.63) is 71.0 Å². The van der Waals surface area contributed by atoms with Crippen molar-refractivity contribution in [3.8, 4) is 22.9 Å². The van der Waals surface area contributed by atoms with Crippen molar-refractivity contribution in [2.24, 2.45) is 0 Å². The lowest BCUT2D eigenvalue weighted by Gasteiger charge is -2.45. The largest absolute Gasteiger partial charge is 0.573 e. The molecule has 5 rings (SSSR count). The highest BCUT2D eigenvalue weighted by atomic mass is 35.5. The van der Waals surface area contributed by atoms with E-state index in [2.05, 4.69) is 4.74 Å². The maximum Gasteiger partial charge on any atom is 0.573 e. The lowest BCUT2D eigenvalue weighted by Crippen LogP contribution is -2.50. The number of ether oxygens (including phenoxy) is 3. The SMILES string of the molecule is COc1ccc(C(=O)N2CCC3(CC2)Oc2cc(Cl)ccc2-n2cccc23)c(OC(F)(F)F)c1. The average Bonchev–Trinajstić information content (AvgIpc) is 3.29. The van der Waals surface area contributed by atoms with Gasteiger partial charge in [0.25, 0.3) is 5.91 Å². The number of methoxy groups -OCH3 is 1. The summed E-state index contributed by atoms with van der Waals surface area (Å²) >= 11 is 6.18. The fraction of sp³-hybridized carbons (Fsp3) is 0.292. The number of halogens is 4. The van der Waals surface area contributed by atoms with Gasteiger partial charge in [0.05, 0.1) is 24.1 Å². The Morgan fingerprint density at radius 3 is 2.59 bits per heavy atom. The molecule has 0 unspecified atom stereocenters. The molecule has 6 nitrogen and oxygen atoms in total. The van der Waals surface area contributed by atoms with Crippen molar-refractivity contribution >= 4 is 17.5 Å². The van der Waals surface area contributed by atoms with Crippen LogP contribution in [-0.4, -0.2) is 41.9 Å². The van der Waals surface area contributed by atoms with Gasteiger partial charge in [-0.1, -0.05) is 11.6 Å². The molecule has 1 aromatic heterocycles. The smallest absolute Gasteiger partial charge is 0.497 e. The molecule has 178 valence electrons. The molecule has 0 radical (unpaired) electrons. The van der Waals surface area contributed by atoms with E-state index in [9.17, 15) is 18.0 Å². The molecule has 0 aliphatic carbocycles. The van der Waals surface area contributed by atoms with E-state index in [-0.39, 0.29) is 24.4 Å². The maximum atomic E-state index is 13.2. The van der Waals surface area contributed by atoms with Crippen LogP contribution in [-0.2, 0) is 5.60 Å². The molecule has 0 atom stereocenters. The first-order valence-electron chi connectivity index (χ1n) is 10.6. The summed E-state index contributed by atoms with van der Waals surface area (Å²) in [7, 11) is 1.32. The quantitative estimate of drug-likeness (QED) is 0.480. The third-order valence-corrected chi connectivity index (χ3v) is 6.44. The Labute approximate surface area is 198 Å². The number of aromatic nitrogens is 1. The second-order valence-corrected chi connectivity index (χ2v) is 8.61. The first kappa shape index (κ1) is 22.5. The minimum atomic E-state index is -4.94. The van der Waals surface area contributed by atoms with E-state index in [1.165, 1.54) is 24.1 Å². The Hall–Kier alpha value is -3.33. The predicted octanol–water partition coefficient (Wildman–Crippen LogP) is 5.56. The van der Waals surface area contributed by atoms with E-state index in [0.29, 0.717) is 23.6 Å². The zero-order valence-corrected chi connectivity index (χ0v) is 18.8. The zero-order chi connectivity index (χ0) is 24.1. The van der Waals surface area contributed by atoms with E-state index in [4.69, 9.17) is 21.1 Å². The van der Waals surface area contributed by atoms with Gasteiger partial charge < -0.3 is 23.7 Å². The molecule has 3 aromatic rings.